The number of nitrogens with two attached hydrogens (primary N) is 1. The molecule has 12 rings (SSSR count). The molecule has 2 heterocycles. The van der Waals surface area contributed by atoms with Gasteiger partial charge in [-0.1, -0.05) is 20.8 Å². The maximum absolute atomic E-state index is 13.5. The molecule has 4 N–H and O–H groups in total. The molecule has 9 saturated carbocycles. The van der Waals surface area contributed by atoms with Gasteiger partial charge in [-0.2, -0.15) is 10.5 Å². The van der Waals surface area contributed by atoms with Gasteiger partial charge < -0.3 is 25.4 Å². The van der Waals surface area contributed by atoms with Crippen molar-refractivity contribution in [3.8, 4) is 12.1 Å². The number of nitrogens with zero attached hydrogens (tertiary/aromatic N) is 2. The Bertz CT molecular complexity index is 2160. The highest BCUT2D eigenvalue weighted by molar-refractivity contribution is 6.08. The van der Waals surface area contributed by atoms with Gasteiger partial charge in [0.05, 0.1) is 41.1 Å². The molecule has 0 radical (unpaired) electrons. The first-order valence-electron chi connectivity index (χ1n) is 22.6. The van der Waals surface area contributed by atoms with Gasteiger partial charge in [-0.05, 0) is 123 Å². The van der Waals surface area contributed by atoms with Crippen molar-refractivity contribution in [3.05, 3.63) is 11.3 Å². The maximum Gasteiger partial charge on any atom is 0.306 e. The lowest BCUT2D eigenvalue weighted by Crippen LogP contribution is -2.64. The molecule has 2 spiro atoms. The fourth-order valence-corrected chi connectivity index (χ4v) is 18.8. The molecule has 59 heavy (non-hydrogen) atoms. The fraction of sp³-hybridized carbons (Fsp3) is 0.809. The Labute approximate surface area is 345 Å². The Morgan fingerprint density at radius 1 is 0.695 bits per heavy atom. The number of allylic oxidation sites excluding steroid dienone is 2. The third-order valence-electron chi connectivity index (χ3n) is 21.1. The first kappa shape index (κ1) is 38.3. The summed E-state index contributed by atoms with van der Waals surface area (Å²) in [6, 6.07) is 5.01. The summed E-state index contributed by atoms with van der Waals surface area (Å²) in [6.45, 7) is 6.39. The van der Waals surface area contributed by atoms with Gasteiger partial charge in [-0.25, -0.2) is 0 Å². The lowest BCUT2D eigenvalue weighted by molar-refractivity contribution is -0.209. The van der Waals surface area contributed by atoms with Crippen LogP contribution in [0.1, 0.15) is 124 Å². The van der Waals surface area contributed by atoms with E-state index in [-0.39, 0.29) is 88.0 Å². The molecule has 12 nitrogen and oxygen atoms in total. The van der Waals surface area contributed by atoms with E-state index in [9.17, 15) is 44.7 Å². The number of rotatable bonds is 0. The smallest absolute Gasteiger partial charge is 0.306 e. The quantitative estimate of drug-likeness (QED) is 0.223. The van der Waals surface area contributed by atoms with Crippen molar-refractivity contribution in [2.24, 2.45) is 92.0 Å². The van der Waals surface area contributed by atoms with E-state index >= 15 is 0 Å². The summed E-state index contributed by atoms with van der Waals surface area (Å²) in [5, 5.41) is 43.6. The topological polar surface area (TPSA) is 218 Å². The number of Topliss-reactive ketones (excluding diaryl/α,β-unsaturated/α-hetero) is 3. The minimum absolute atomic E-state index is 0.0164. The second-order valence-electron chi connectivity index (χ2n) is 22.3. The normalized spacial score (nSPS) is 56.7. The number of hydrogen-bond donors (Lipinski definition) is 3. The van der Waals surface area contributed by atoms with Crippen LogP contribution < -0.4 is 5.73 Å². The summed E-state index contributed by atoms with van der Waals surface area (Å²) in [5.74, 6) is -1.11. The third-order valence-corrected chi connectivity index (χ3v) is 21.1. The number of carbonyl (C=O) groups excluding carboxylic acids is 5. The van der Waals surface area contributed by atoms with Crippen LogP contribution in [-0.2, 0) is 33.4 Å². The Morgan fingerprint density at radius 2 is 1.41 bits per heavy atom. The maximum atomic E-state index is 13.5. The summed E-state index contributed by atoms with van der Waals surface area (Å²) in [7, 11) is 0. The zero-order valence-corrected chi connectivity index (χ0v) is 34.5. The number of aliphatic hydroxyl groups excluding tert-OH is 2. The van der Waals surface area contributed by atoms with Crippen molar-refractivity contribution >= 4 is 29.3 Å². The number of nitriles is 2. The van der Waals surface area contributed by atoms with E-state index in [1.807, 2.05) is 0 Å². The van der Waals surface area contributed by atoms with Crippen LogP contribution in [0.25, 0.3) is 0 Å². The largest absolute Gasteiger partial charge is 0.459 e. The molecule has 2 aliphatic heterocycles. The van der Waals surface area contributed by atoms with Gasteiger partial charge in [0.15, 0.2) is 5.78 Å². The lowest BCUT2D eigenvalue weighted by atomic mass is 9.39. The predicted octanol–water partition coefficient (Wildman–Crippen LogP) is 4.78. The van der Waals surface area contributed by atoms with E-state index < -0.39 is 51.0 Å². The van der Waals surface area contributed by atoms with Crippen molar-refractivity contribution in [2.45, 2.75) is 147 Å². The number of ether oxygens (including phenoxy) is 2. The highest BCUT2D eigenvalue weighted by Gasteiger charge is 2.79. The third kappa shape index (κ3) is 4.12. The van der Waals surface area contributed by atoms with E-state index in [2.05, 4.69) is 32.9 Å². The Morgan fingerprint density at radius 3 is 2.08 bits per heavy atom. The van der Waals surface area contributed by atoms with Gasteiger partial charge in [0.2, 0.25) is 0 Å². The molecule has 11 fully saturated rings. The fourth-order valence-electron chi connectivity index (χ4n) is 18.8. The average molecular weight is 808 g/mol. The number of ketones is 3. The number of esters is 2. The van der Waals surface area contributed by atoms with Crippen LogP contribution in [-0.4, -0.2) is 62.9 Å². The van der Waals surface area contributed by atoms with E-state index in [1.165, 1.54) is 0 Å². The molecule has 12 heteroatoms. The number of carbonyl (C=O) groups is 5. The van der Waals surface area contributed by atoms with Crippen LogP contribution in [0.5, 0.6) is 0 Å². The summed E-state index contributed by atoms with van der Waals surface area (Å²) < 4.78 is 11.8. The van der Waals surface area contributed by atoms with E-state index in [0.717, 1.165) is 32.1 Å². The zero-order chi connectivity index (χ0) is 41.6. The summed E-state index contributed by atoms with van der Waals surface area (Å²) in [6.07, 6.45) is 8.70. The van der Waals surface area contributed by atoms with Crippen molar-refractivity contribution in [3.63, 3.8) is 0 Å². The van der Waals surface area contributed by atoms with Crippen LogP contribution in [0.4, 0.5) is 0 Å². The molecule has 314 valence electrons. The van der Waals surface area contributed by atoms with Crippen LogP contribution >= 0.6 is 0 Å². The van der Waals surface area contributed by atoms with Gasteiger partial charge in [-0.3, -0.25) is 24.0 Å². The first-order valence-corrected chi connectivity index (χ1v) is 22.6. The molecule has 19 atom stereocenters. The number of aliphatic hydroxyl groups is 2. The van der Waals surface area contributed by atoms with Crippen LogP contribution in [0, 0.1) is 109 Å². The van der Waals surface area contributed by atoms with E-state index in [0.29, 0.717) is 81.9 Å². The molecule has 17 unspecified atom stereocenters. The van der Waals surface area contributed by atoms with Crippen LogP contribution in [0.2, 0.25) is 0 Å². The van der Waals surface area contributed by atoms with Gasteiger partial charge >= 0.3 is 11.9 Å². The Balaban J connectivity index is 0.000000135. The molecular weight excluding hydrogens is 751 g/mol. The zero-order valence-electron chi connectivity index (χ0n) is 34.5. The summed E-state index contributed by atoms with van der Waals surface area (Å²) >= 11 is 0. The molecule has 0 amide bonds. The highest BCUT2D eigenvalue weighted by atomic mass is 16.6. The SMILES string of the molecule is CC12CCC(=O)C3=C(N)C(CC31C#N)C1C2C(O)CC2(C)C1CC[C@@]21CCC(=O)O1.CC12CCC(=O)C3C(=O)C(CC31C#N)C1C3CC[C@@]4(CCC(=O)O4)C3CC(O)C12. The average Bonchev–Trinajstić information content (AvgIpc) is 4.03. The molecule has 10 aliphatic carbocycles. The van der Waals surface area contributed by atoms with Gasteiger partial charge in [-0.15, -0.1) is 0 Å². The summed E-state index contributed by atoms with van der Waals surface area (Å²) in [4.78, 5) is 63.2. The highest BCUT2D eigenvalue weighted by Crippen LogP contribution is 2.78. The standard InChI is InChI=1S/C24H30N2O4.C23H27NO5/c1-21-6-4-14(27)19-20(26)12(9-23(19,21)11-25)17-13-3-7-24(8-5-16(29)30-24)22(13,2)10-15(28)18(17)21;1-21-5-3-14(25)19-20(28)12(9-22(19,21)10-24)17-11-2-6-23(7-4-16(27)29-23)13(11)8-15(26)18(17)21/h12-13,15,17-18,28H,3-10,26H2,1-2H3;11-13,15,17-19,26H,2-9H2,1H3/t12?,13?,15?,17?,18?,21?,22?,23?,24-;11?,12?,13?,15?,17?,18?,19?,21?,22?,23-/m11/s1. The molecule has 0 aromatic carbocycles. The lowest BCUT2D eigenvalue weighted by Gasteiger charge is -2.64. The van der Waals surface area contributed by atoms with Gasteiger partial charge in [0.1, 0.15) is 22.8 Å². The minimum Gasteiger partial charge on any atom is -0.459 e. The Hall–Kier alpha value is -3.61. The van der Waals surface area contributed by atoms with Crippen LogP contribution in [0.3, 0.4) is 0 Å². The van der Waals surface area contributed by atoms with Crippen molar-refractivity contribution in [1.29, 1.82) is 10.5 Å². The number of hydrogen-bond acceptors (Lipinski definition) is 12. The molecule has 4 bridgehead atoms. The second kappa shape index (κ2) is 11.6. The first-order chi connectivity index (χ1) is 27.9. The molecule has 0 aromatic heterocycles. The minimum atomic E-state index is -0.963. The van der Waals surface area contributed by atoms with Crippen LogP contribution in [0.15, 0.2) is 11.3 Å². The van der Waals surface area contributed by atoms with Crippen molar-refractivity contribution in [1.82, 2.24) is 0 Å². The van der Waals surface area contributed by atoms with Gasteiger partial charge in [0, 0.05) is 60.1 Å². The predicted molar refractivity (Wildman–Crippen MR) is 205 cm³/mol. The monoisotopic (exact) mass is 807 g/mol. The van der Waals surface area contributed by atoms with Crippen molar-refractivity contribution < 1.29 is 43.7 Å². The molecule has 0 aromatic rings. The Kier molecular flexibility index (Phi) is 7.56. The second-order valence-corrected chi connectivity index (χ2v) is 22.3. The van der Waals surface area contributed by atoms with Gasteiger partial charge in [0.25, 0.3) is 0 Å². The molecule has 2 saturated heterocycles. The molecule has 12 aliphatic rings. The van der Waals surface area contributed by atoms with Crippen molar-refractivity contribution in [2.75, 3.05) is 0 Å². The summed E-state index contributed by atoms with van der Waals surface area (Å²) in [5.41, 5.74) is 3.75. The number of fused-ring (bicyclic) bond motifs is 14. The van der Waals surface area contributed by atoms with E-state index in [4.69, 9.17) is 15.2 Å². The van der Waals surface area contributed by atoms with E-state index in [1.54, 1.807) is 0 Å². The molecular formula is C47H57N3O9.